The average molecular weight is 345 g/mol. The molecule has 0 aliphatic carbocycles. The first-order valence-corrected chi connectivity index (χ1v) is 9.81. The summed E-state index contributed by atoms with van der Waals surface area (Å²) in [7, 11) is -3.65. The van der Waals surface area contributed by atoms with Crippen LogP contribution in [0.4, 0.5) is 0 Å². The molecule has 3 unspecified atom stereocenters. The molecule has 1 aliphatic rings. The summed E-state index contributed by atoms with van der Waals surface area (Å²) in [6.07, 6.45) is 2.85. The minimum Gasteiger partial charge on any atom is -0.337 e. The largest absolute Gasteiger partial charge is 0.337 e. The molecule has 0 radical (unpaired) electrons. The Morgan fingerprint density at radius 1 is 1.45 bits per heavy atom. The fraction of sp³-hybridized carbons (Fsp3) is 0.643. The van der Waals surface area contributed by atoms with E-state index in [1.165, 1.54) is 6.07 Å². The van der Waals surface area contributed by atoms with Gasteiger partial charge in [-0.05, 0) is 44.6 Å². The van der Waals surface area contributed by atoms with E-state index in [9.17, 15) is 13.2 Å². The number of hydrogen-bond donors (Lipinski definition) is 2. The SMILES string of the molecule is CC(NS(=O)(=O)c1cccs1)C(=O)N1CCCCC1C(C)N. The van der Waals surface area contributed by atoms with E-state index in [1.807, 2.05) is 6.92 Å². The maximum absolute atomic E-state index is 12.6. The van der Waals surface area contributed by atoms with Crippen LogP contribution >= 0.6 is 11.3 Å². The van der Waals surface area contributed by atoms with Crippen molar-refractivity contribution in [2.75, 3.05) is 6.54 Å². The molecule has 0 aromatic carbocycles. The van der Waals surface area contributed by atoms with Gasteiger partial charge in [0.2, 0.25) is 5.91 Å². The molecule has 22 heavy (non-hydrogen) atoms. The molecule has 1 aliphatic heterocycles. The van der Waals surface area contributed by atoms with Crippen LogP contribution in [0.5, 0.6) is 0 Å². The highest BCUT2D eigenvalue weighted by Crippen LogP contribution is 2.21. The molecule has 124 valence electrons. The van der Waals surface area contributed by atoms with Crippen molar-refractivity contribution in [2.45, 2.75) is 55.4 Å². The van der Waals surface area contributed by atoms with Crippen molar-refractivity contribution < 1.29 is 13.2 Å². The second-order valence-electron chi connectivity index (χ2n) is 5.73. The molecular formula is C14H23N3O3S2. The average Bonchev–Trinajstić information content (AvgIpc) is 3.01. The lowest BCUT2D eigenvalue weighted by atomic mass is 9.96. The highest BCUT2D eigenvalue weighted by Gasteiger charge is 2.33. The van der Waals surface area contributed by atoms with Gasteiger partial charge >= 0.3 is 0 Å². The van der Waals surface area contributed by atoms with Gasteiger partial charge in [0.05, 0.1) is 6.04 Å². The number of nitrogens with two attached hydrogens (primary N) is 1. The Balaban J connectivity index is 2.08. The van der Waals surface area contributed by atoms with E-state index in [4.69, 9.17) is 5.73 Å². The number of nitrogens with one attached hydrogen (secondary N) is 1. The minimum atomic E-state index is -3.65. The van der Waals surface area contributed by atoms with Crippen LogP contribution in [0.25, 0.3) is 0 Å². The zero-order valence-corrected chi connectivity index (χ0v) is 14.5. The molecule has 2 heterocycles. The molecule has 3 N–H and O–H groups in total. The van der Waals surface area contributed by atoms with Gasteiger partial charge in [0, 0.05) is 18.6 Å². The number of thiophene rings is 1. The van der Waals surface area contributed by atoms with Crippen LogP contribution in [0.2, 0.25) is 0 Å². The fourth-order valence-electron chi connectivity index (χ4n) is 2.78. The van der Waals surface area contributed by atoms with E-state index in [0.717, 1.165) is 30.6 Å². The predicted octanol–water partition coefficient (Wildman–Crippen LogP) is 1.14. The number of rotatable bonds is 5. The number of amides is 1. The Kier molecular flexibility index (Phi) is 5.60. The van der Waals surface area contributed by atoms with Gasteiger partial charge in [-0.25, -0.2) is 8.42 Å². The lowest BCUT2D eigenvalue weighted by Crippen LogP contribution is -2.56. The van der Waals surface area contributed by atoms with Gasteiger partial charge in [-0.1, -0.05) is 6.07 Å². The summed E-state index contributed by atoms with van der Waals surface area (Å²) < 4.78 is 27.1. The molecule has 0 spiro atoms. The zero-order valence-electron chi connectivity index (χ0n) is 12.9. The zero-order chi connectivity index (χ0) is 16.3. The Morgan fingerprint density at radius 3 is 2.77 bits per heavy atom. The normalized spacial score (nSPS) is 22.3. The van der Waals surface area contributed by atoms with Crippen molar-refractivity contribution in [1.29, 1.82) is 0 Å². The molecular weight excluding hydrogens is 322 g/mol. The number of hydrogen-bond acceptors (Lipinski definition) is 5. The molecule has 0 bridgehead atoms. The first-order chi connectivity index (χ1) is 10.3. The number of carbonyl (C=O) groups is 1. The van der Waals surface area contributed by atoms with Gasteiger partial charge in [-0.15, -0.1) is 11.3 Å². The van der Waals surface area contributed by atoms with Crippen molar-refractivity contribution in [3.63, 3.8) is 0 Å². The highest BCUT2D eigenvalue weighted by atomic mass is 32.2. The van der Waals surface area contributed by atoms with Crippen molar-refractivity contribution in [2.24, 2.45) is 5.73 Å². The summed E-state index contributed by atoms with van der Waals surface area (Å²) in [5, 5.41) is 1.69. The number of likely N-dealkylation sites (tertiary alicyclic amines) is 1. The second kappa shape index (κ2) is 7.08. The monoisotopic (exact) mass is 345 g/mol. The molecule has 1 saturated heterocycles. The van der Waals surface area contributed by atoms with E-state index in [-0.39, 0.29) is 22.2 Å². The van der Waals surface area contributed by atoms with Crippen molar-refractivity contribution >= 4 is 27.3 Å². The molecule has 0 saturated carbocycles. The molecule has 1 aromatic rings. The van der Waals surface area contributed by atoms with Crippen LogP contribution in [-0.2, 0) is 14.8 Å². The third kappa shape index (κ3) is 3.87. The summed E-state index contributed by atoms with van der Waals surface area (Å²) in [5.41, 5.74) is 5.97. The second-order valence-corrected chi connectivity index (χ2v) is 8.62. The van der Waals surface area contributed by atoms with Crippen molar-refractivity contribution in [3.8, 4) is 0 Å². The van der Waals surface area contributed by atoms with E-state index in [2.05, 4.69) is 4.72 Å². The molecule has 1 amide bonds. The number of nitrogens with zero attached hydrogens (tertiary/aromatic N) is 1. The maximum Gasteiger partial charge on any atom is 0.250 e. The minimum absolute atomic E-state index is 0.0186. The molecule has 8 heteroatoms. The van der Waals surface area contributed by atoms with E-state index < -0.39 is 16.1 Å². The van der Waals surface area contributed by atoms with Crippen LogP contribution in [0, 0.1) is 0 Å². The smallest absolute Gasteiger partial charge is 0.250 e. The molecule has 1 fully saturated rings. The standard InChI is InChI=1S/C14H23N3O3S2/c1-10(15)12-6-3-4-8-17(12)14(18)11(2)16-22(19,20)13-7-5-9-21-13/h5,7,9-12,16H,3-4,6,8,15H2,1-2H3. The lowest BCUT2D eigenvalue weighted by molar-refractivity contribution is -0.136. The van der Waals surface area contributed by atoms with Gasteiger partial charge in [0.15, 0.2) is 0 Å². The van der Waals surface area contributed by atoms with E-state index >= 15 is 0 Å². The van der Waals surface area contributed by atoms with E-state index in [1.54, 1.807) is 23.3 Å². The maximum atomic E-state index is 12.6. The summed E-state index contributed by atoms with van der Waals surface area (Å²) in [4.78, 5) is 14.3. The quantitative estimate of drug-likeness (QED) is 0.837. The summed E-state index contributed by atoms with van der Waals surface area (Å²) in [5.74, 6) is -0.206. The van der Waals surface area contributed by atoms with Crippen LogP contribution in [0.1, 0.15) is 33.1 Å². The summed E-state index contributed by atoms with van der Waals surface area (Å²) in [6, 6.07) is 2.25. The van der Waals surface area contributed by atoms with Crippen LogP contribution in [0.15, 0.2) is 21.7 Å². The molecule has 1 aromatic heterocycles. The topological polar surface area (TPSA) is 92.5 Å². The lowest BCUT2D eigenvalue weighted by Gasteiger charge is -2.39. The summed E-state index contributed by atoms with van der Waals surface area (Å²) >= 11 is 1.13. The third-order valence-corrected chi connectivity index (χ3v) is 6.84. The highest BCUT2D eigenvalue weighted by molar-refractivity contribution is 7.91. The van der Waals surface area contributed by atoms with Gasteiger partial charge < -0.3 is 10.6 Å². The number of piperidine rings is 1. The molecule has 6 nitrogen and oxygen atoms in total. The van der Waals surface area contributed by atoms with Crippen LogP contribution < -0.4 is 10.5 Å². The molecule has 3 atom stereocenters. The van der Waals surface area contributed by atoms with Gasteiger partial charge in [0.25, 0.3) is 10.0 Å². The van der Waals surface area contributed by atoms with Gasteiger partial charge in [-0.2, -0.15) is 4.72 Å². The van der Waals surface area contributed by atoms with Crippen molar-refractivity contribution in [1.82, 2.24) is 9.62 Å². The predicted molar refractivity (Wildman–Crippen MR) is 87.1 cm³/mol. The number of sulfonamides is 1. The van der Waals surface area contributed by atoms with Crippen LogP contribution in [-0.4, -0.2) is 43.9 Å². The van der Waals surface area contributed by atoms with Gasteiger partial charge in [0.1, 0.15) is 4.21 Å². The van der Waals surface area contributed by atoms with Crippen molar-refractivity contribution in [3.05, 3.63) is 17.5 Å². The number of carbonyl (C=O) groups excluding carboxylic acids is 1. The third-order valence-electron chi connectivity index (χ3n) is 3.90. The molecule has 2 rings (SSSR count). The first-order valence-electron chi connectivity index (χ1n) is 7.45. The Bertz CT molecular complexity index is 599. The fourth-order valence-corrected chi connectivity index (χ4v) is 4.99. The summed E-state index contributed by atoms with van der Waals surface area (Å²) in [6.45, 7) is 4.10. The van der Waals surface area contributed by atoms with Gasteiger partial charge in [-0.3, -0.25) is 4.79 Å². The van der Waals surface area contributed by atoms with Crippen LogP contribution in [0.3, 0.4) is 0 Å². The first kappa shape index (κ1) is 17.4. The Hall–Kier alpha value is -0.960. The van der Waals surface area contributed by atoms with E-state index in [0.29, 0.717) is 6.54 Å². The Morgan fingerprint density at radius 2 is 2.18 bits per heavy atom. The Labute approximate surface area is 135 Å².